The van der Waals surface area contributed by atoms with E-state index in [4.69, 9.17) is 0 Å². The summed E-state index contributed by atoms with van der Waals surface area (Å²) in [5.41, 5.74) is -0.514. The maximum absolute atomic E-state index is 11.7. The van der Waals surface area contributed by atoms with Crippen LogP contribution in [0.15, 0.2) is 17.1 Å². The highest BCUT2D eigenvalue weighted by Crippen LogP contribution is 2.19. The summed E-state index contributed by atoms with van der Waals surface area (Å²) in [6.07, 6.45) is 5.92. The van der Waals surface area contributed by atoms with E-state index in [0.29, 0.717) is 12.5 Å². The summed E-state index contributed by atoms with van der Waals surface area (Å²) in [6.45, 7) is 4.85. The van der Waals surface area contributed by atoms with Crippen LogP contribution >= 0.6 is 0 Å². The lowest BCUT2D eigenvalue weighted by Gasteiger charge is -2.16. The number of aromatic nitrogens is 1. The molecule has 1 aromatic heterocycles. The van der Waals surface area contributed by atoms with Gasteiger partial charge in [-0.2, -0.15) is 0 Å². The first-order valence-electron chi connectivity index (χ1n) is 6.21. The van der Waals surface area contributed by atoms with Crippen LogP contribution in [0.5, 0.6) is 11.5 Å². The maximum Gasteiger partial charge on any atom is 0.296 e. The smallest absolute Gasteiger partial charge is 0.296 e. The molecule has 0 spiro atoms. The summed E-state index contributed by atoms with van der Waals surface area (Å²) in [7, 11) is 0. The van der Waals surface area contributed by atoms with Crippen LogP contribution < -0.4 is 5.56 Å². The second-order valence-corrected chi connectivity index (χ2v) is 4.42. The van der Waals surface area contributed by atoms with Crippen LogP contribution in [-0.4, -0.2) is 14.8 Å². The Kier molecular flexibility index (Phi) is 5.07. The first-order chi connectivity index (χ1) is 8.10. The van der Waals surface area contributed by atoms with Crippen molar-refractivity contribution < 1.29 is 10.2 Å². The average Bonchev–Trinajstić information content (AvgIpc) is 2.34. The molecular formula is C13H21NO3. The summed E-state index contributed by atoms with van der Waals surface area (Å²) in [5, 5.41) is 18.6. The lowest BCUT2D eigenvalue weighted by Crippen LogP contribution is -2.23. The molecule has 0 saturated heterocycles. The summed E-state index contributed by atoms with van der Waals surface area (Å²) < 4.78 is 1.47. The molecule has 0 aromatic carbocycles. The fourth-order valence-corrected chi connectivity index (χ4v) is 1.89. The quantitative estimate of drug-likeness (QED) is 0.801. The van der Waals surface area contributed by atoms with Crippen molar-refractivity contribution in [2.75, 3.05) is 0 Å². The third-order valence-corrected chi connectivity index (χ3v) is 3.12. The number of unbranched alkanes of at least 4 members (excludes halogenated alkanes) is 1. The Balaban J connectivity index is 2.80. The van der Waals surface area contributed by atoms with Crippen molar-refractivity contribution in [1.29, 1.82) is 0 Å². The van der Waals surface area contributed by atoms with Crippen LogP contribution in [0.1, 0.15) is 39.5 Å². The third kappa shape index (κ3) is 3.51. The van der Waals surface area contributed by atoms with Gasteiger partial charge in [-0.05, 0) is 12.3 Å². The first kappa shape index (κ1) is 13.6. The molecule has 4 heteroatoms. The van der Waals surface area contributed by atoms with Gasteiger partial charge in [0.05, 0.1) is 0 Å². The number of nitrogens with zero attached hydrogens (tertiary/aromatic N) is 1. The van der Waals surface area contributed by atoms with Gasteiger partial charge < -0.3 is 14.8 Å². The number of pyridine rings is 1. The molecule has 2 N–H and O–H groups in total. The van der Waals surface area contributed by atoms with Crippen LogP contribution in [0.4, 0.5) is 0 Å². The second kappa shape index (κ2) is 6.33. The Morgan fingerprint density at radius 2 is 2.06 bits per heavy atom. The van der Waals surface area contributed by atoms with E-state index in [1.54, 1.807) is 0 Å². The predicted molar refractivity (Wildman–Crippen MR) is 67.3 cm³/mol. The van der Waals surface area contributed by atoms with Gasteiger partial charge in [0.1, 0.15) is 0 Å². The summed E-state index contributed by atoms with van der Waals surface area (Å²) >= 11 is 0. The Labute approximate surface area is 102 Å². The van der Waals surface area contributed by atoms with Crippen molar-refractivity contribution in [3.8, 4) is 11.5 Å². The largest absolute Gasteiger partial charge is 0.504 e. The van der Waals surface area contributed by atoms with Gasteiger partial charge in [0.25, 0.3) is 5.56 Å². The SMILES string of the molecule is CCCCC(CC)Cn1ccc(O)c(O)c1=O. The molecule has 96 valence electrons. The fraction of sp³-hybridized carbons (Fsp3) is 0.615. The Hall–Kier alpha value is -1.45. The van der Waals surface area contributed by atoms with Crippen molar-refractivity contribution in [2.45, 2.75) is 46.1 Å². The molecule has 0 amide bonds. The monoisotopic (exact) mass is 239 g/mol. The van der Waals surface area contributed by atoms with Gasteiger partial charge in [-0.1, -0.05) is 33.1 Å². The molecular weight excluding hydrogens is 218 g/mol. The summed E-state index contributed by atoms with van der Waals surface area (Å²) in [5.74, 6) is -0.470. The van der Waals surface area contributed by atoms with Gasteiger partial charge in [-0.3, -0.25) is 4.79 Å². The molecule has 0 aliphatic heterocycles. The van der Waals surface area contributed by atoms with Gasteiger partial charge in [-0.15, -0.1) is 0 Å². The topological polar surface area (TPSA) is 62.5 Å². The van der Waals surface area contributed by atoms with Crippen LogP contribution in [0, 0.1) is 5.92 Å². The van der Waals surface area contributed by atoms with E-state index in [9.17, 15) is 15.0 Å². The van der Waals surface area contributed by atoms with E-state index in [0.717, 1.165) is 25.7 Å². The predicted octanol–water partition coefficient (Wildman–Crippen LogP) is 2.48. The zero-order valence-electron chi connectivity index (χ0n) is 10.5. The number of rotatable bonds is 6. The lowest BCUT2D eigenvalue weighted by molar-refractivity contribution is 0.362. The molecule has 1 rings (SSSR count). The van der Waals surface area contributed by atoms with Crippen molar-refractivity contribution >= 4 is 0 Å². The first-order valence-corrected chi connectivity index (χ1v) is 6.21. The highest BCUT2D eigenvalue weighted by atomic mass is 16.3. The number of aromatic hydroxyl groups is 2. The minimum Gasteiger partial charge on any atom is -0.504 e. The molecule has 0 saturated carbocycles. The van der Waals surface area contributed by atoms with Gasteiger partial charge in [0.15, 0.2) is 5.75 Å². The fourth-order valence-electron chi connectivity index (χ4n) is 1.89. The zero-order valence-corrected chi connectivity index (χ0v) is 10.5. The van der Waals surface area contributed by atoms with Crippen molar-refractivity contribution in [2.24, 2.45) is 5.92 Å². The molecule has 1 aromatic rings. The van der Waals surface area contributed by atoms with E-state index in [1.165, 1.54) is 16.8 Å². The van der Waals surface area contributed by atoms with Crippen LogP contribution in [0.25, 0.3) is 0 Å². The molecule has 1 unspecified atom stereocenters. The molecule has 0 aliphatic carbocycles. The average molecular weight is 239 g/mol. The van der Waals surface area contributed by atoms with Gasteiger partial charge in [-0.25, -0.2) is 0 Å². The van der Waals surface area contributed by atoms with E-state index in [-0.39, 0.29) is 5.75 Å². The second-order valence-electron chi connectivity index (χ2n) is 4.42. The van der Waals surface area contributed by atoms with Gasteiger partial charge >= 0.3 is 0 Å². The van der Waals surface area contributed by atoms with Gasteiger partial charge in [0, 0.05) is 18.8 Å². The van der Waals surface area contributed by atoms with E-state index >= 15 is 0 Å². The standard InChI is InChI=1S/C13H21NO3/c1-3-5-6-10(4-2)9-14-8-7-11(15)12(16)13(14)17/h7-8,10,15-16H,3-6,9H2,1-2H3. The molecule has 0 aliphatic rings. The number of hydrogen-bond donors (Lipinski definition) is 2. The van der Waals surface area contributed by atoms with Crippen molar-refractivity contribution in [1.82, 2.24) is 4.57 Å². The molecule has 4 nitrogen and oxygen atoms in total. The minimum atomic E-state index is -0.558. The molecule has 1 heterocycles. The van der Waals surface area contributed by atoms with Crippen LogP contribution in [0.3, 0.4) is 0 Å². The van der Waals surface area contributed by atoms with E-state index < -0.39 is 11.3 Å². The lowest BCUT2D eigenvalue weighted by atomic mass is 9.99. The highest BCUT2D eigenvalue weighted by Gasteiger charge is 2.11. The highest BCUT2D eigenvalue weighted by molar-refractivity contribution is 5.33. The Morgan fingerprint density at radius 1 is 1.35 bits per heavy atom. The Morgan fingerprint density at radius 3 is 2.65 bits per heavy atom. The van der Waals surface area contributed by atoms with E-state index in [1.807, 2.05) is 0 Å². The Bertz CT molecular complexity index is 412. The molecule has 0 bridgehead atoms. The maximum atomic E-state index is 11.7. The summed E-state index contributed by atoms with van der Waals surface area (Å²) in [4.78, 5) is 11.7. The van der Waals surface area contributed by atoms with Crippen LogP contribution in [0.2, 0.25) is 0 Å². The van der Waals surface area contributed by atoms with Crippen molar-refractivity contribution in [3.63, 3.8) is 0 Å². The van der Waals surface area contributed by atoms with E-state index in [2.05, 4.69) is 13.8 Å². The molecule has 0 radical (unpaired) electrons. The minimum absolute atomic E-state index is 0.354. The zero-order chi connectivity index (χ0) is 12.8. The number of hydrogen-bond acceptors (Lipinski definition) is 3. The van der Waals surface area contributed by atoms with Crippen molar-refractivity contribution in [3.05, 3.63) is 22.6 Å². The third-order valence-electron chi connectivity index (χ3n) is 3.12. The molecule has 1 atom stereocenters. The normalized spacial score (nSPS) is 12.6. The van der Waals surface area contributed by atoms with Crippen LogP contribution in [-0.2, 0) is 6.54 Å². The van der Waals surface area contributed by atoms with Gasteiger partial charge in [0.2, 0.25) is 5.75 Å². The molecule has 0 fully saturated rings. The summed E-state index contributed by atoms with van der Waals surface area (Å²) in [6, 6.07) is 1.35. The molecule has 17 heavy (non-hydrogen) atoms.